The SMILES string of the molecule is CCCCCCCCCCCCCCCCCCC(=O)OC(NC(=O)c1cc2nnc(-c3ccc(Cl)c(Cl)c3)n2[nH]1)C(C)C. The van der Waals surface area contributed by atoms with Crippen LogP contribution >= 0.6 is 23.2 Å². The maximum atomic E-state index is 13.0. The molecule has 0 saturated carbocycles. The zero-order chi connectivity index (χ0) is 31.7. The van der Waals surface area contributed by atoms with Crippen LogP contribution in [0, 0.1) is 5.92 Å². The lowest BCUT2D eigenvalue weighted by molar-refractivity contribution is -0.152. The molecule has 0 radical (unpaired) electrons. The van der Waals surface area contributed by atoms with E-state index < -0.39 is 12.1 Å². The van der Waals surface area contributed by atoms with Crippen LogP contribution in [0.15, 0.2) is 24.3 Å². The van der Waals surface area contributed by atoms with Crippen LogP contribution in [0.5, 0.6) is 0 Å². The predicted octanol–water partition coefficient (Wildman–Crippen LogP) is 9.94. The number of aromatic nitrogens is 4. The molecule has 0 aliphatic rings. The number of amides is 1. The number of carbonyl (C=O) groups excluding carboxylic acids is 2. The van der Waals surface area contributed by atoms with Crippen molar-refractivity contribution in [2.45, 2.75) is 136 Å². The summed E-state index contributed by atoms with van der Waals surface area (Å²) in [5.74, 6) is -0.296. The summed E-state index contributed by atoms with van der Waals surface area (Å²) in [6.45, 7) is 6.08. The minimum absolute atomic E-state index is 0.0961. The summed E-state index contributed by atoms with van der Waals surface area (Å²) in [6, 6.07) is 6.74. The molecule has 2 aromatic heterocycles. The summed E-state index contributed by atoms with van der Waals surface area (Å²) < 4.78 is 7.25. The van der Waals surface area contributed by atoms with Crippen molar-refractivity contribution in [2.75, 3.05) is 0 Å². The number of nitrogens with zero attached hydrogens (tertiary/aromatic N) is 3. The van der Waals surface area contributed by atoms with Gasteiger partial charge in [-0.15, -0.1) is 10.2 Å². The first-order valence-corrected chi connectivity index (χ1v) is 17.5. The fourth-order valence-electron chi connectivity index (χ4n) is 5.28. The number of carbonyl (C=O) groups is 2. The second-order valence-electron chi connectivity index (χ2n) is 12.2. The van der Waals surface area contributed by atoms with Crippen molar-refractivity contribution in [3.8, 4) is 11.4 Å². The van der Waals surface area contributed by atoms with E-state index in [4.69, 9.17) is 27.9 Å². The number of benzene rings is 1. The molecule has 3 rings (SSSR count). The Labute approximate surface area is 273 Å². The average molecular weight is 649 g/mol. The molecule has 1 unspecified atom stereocenters. The highest BCUT2D eigenvalue weighted by Crippen LogP contribution is 2.28. The highest BCUT2D eigenvalue weighted by Gasteiger charge is 2.23. The van der Waals surface area contributed by atoms with Crippen molar-refractivity contribution in [1.29, 1.82) is 0 Å². The number of aromatic amines is 1. The second-order valence-corrected chi connectivity index (χ2v) is 13.0. The van der Waals surface area contributed by atoms with Gasteiger partial charge in [-0.2, -0.15) is 0 Å². The number of fused-ring (bicyclic) bond motifs is 1. The van der Waals surface area contributed by atoms with E-state index in [0.29, 0.717) is 33.5 Å². The third-order valence-corrected chi connectivity index (χ3v) is 8.73. The molecule has 0 saturated heterocycles. The quantitative estimate of drug-likeness (QED) is 0.0642. The lowest BCUT2D eigenvalue weighted by atomic mass is 10.0. The number of nitrogens with one attached hydrogen (secondary N) is 2. The number of rotatable bonds is 22. The maximum absolute atomic E-state index is 13.0. The number of hydrogen-bond acceptors (Lipinski definition) is 5. The van der Waals surface area contributed by atoms with Gasteiger partial charge in [0.05, 0.1) is 10.0 Å². The molecule has 0 fully saturated rings. The summed E-state index contributed by atoms with van der Waals surface area (Å²) in [4.78, 5) is 25.6. The van der Waals surface area contributed by atoms with Gasteiger partial charge in [0.1, 0.15) is 5.69 Å². The second kappa shape index (κ2) is 19.7. The van der Waals surface area contributed by atoms with Crippen LogP contribution in [-0.4, -0.2) is 37.9 Å². The number of ether oxygens (including phenoxy) is 1. The Morgan fingerprint density at radius 3 is 1.93 bits per heavy atom. The van der Waals surface area contributed by atoms with Crippen LogP contribution in [0.4, 0.5) is 0 Å². The van der Waals surface area contributed by atoms with Gasteiger partial charge in [-0.1, -0.05) is 140 Å². The van der Waals surface area contributed by atoms with Crippen molar-refractivity contribution in [2.24, 2.45) is 5.92 Å². The molecular weight excluding hydrogens is 597 g/mol. The van der Waals surface area contributed by atoms with E-state index in [1.165, 1.54) is 83.5 Å². The minimum atomic E-state index is -0.737. The van der Waals surface area contributed by atoms with Crippen molar-refractivity contribution in [3.05, 3.63) is 40.0 Å². The Bertz CT molecular complexity index is 1290. The lowest BCUT2D eigenvalue weighted by Crippen LogP contribution is -2.42. The van der Waals surface area contributed by atoms with Gasteiger partial charge in [0.15, 0.2) is 17.7 Å². The van der Waals surface area contributed by atoms with E-state index >= 15 is 0 Å². The molecule has 0 aliphatic heterocycles. The molecule has 1 atom stereocenters. The summed E-state index contributed by atoms with van der Waals surface area (Å²) in [7, 11) is 0. The maximum Gasteiger partial charge on any atom is 0.307 e. The molecule has 8 nitrogen and oxygen atoms in total. The van der Waals surface area contributed by atoms with Gasteiger partial charge in [-0.05, 0) is 24.6 Å². The van der Waals surface area contributed by atoms with Crippen LogP contribution in [0.1, 0.15) is 140 Å². The first kappa shape index (κ1) is 35.9. The molecule has 3 aromatic rings. The van der Waals surface area contributed by atoms with Gasteiger partial charge >= 0.3 is 5.97 Å². The predicted molar refractivity (Wildman–Crippen MR) is 179 cm³/mol. The van der Waals surface area contributed by atoms with Gasteiger partial charge in [0.25, 0.3) is 5.91 Å². The first-order valence-electron chi connectivity index (χ1n) is 16.7. The molecule has 0 bridgehead atoms. The molecular formula is C34H51Cl2N5O3. The van der Waals surface area contributed by atoms with E-state index in [-0.39, 0.29) is 17.6 Å². The fourth-order valence-corrected chi connectivity index (χ4v) is 5.58. The number of esters is 1. The summed E-state index contributed by atoms with van der Waals surface area (Å²) in [6.07, 6.45) is 20.2. The molecule has 244 valence electrons. The van der Waals surface area contributed by atoms with Gasteiger partial charge in [0.2, 0.25) is 0 Å². The Morgan fingerprint density at radius 1 is 0.818 bits per heavy atom. The Balaban J connectivity index is 1.30. The largest absolute Gasteiger partial charge is 0.441 e. The third kappa shape index (κ3) is 12.1. The van der Waals surface area contributed by atoms with Crippen LogP contribution < -0.4 is 5.32 Å². The summed E-state index contributed by atoms with van der Waals surface area (Å²) in [5, 5.41) is 15.0. The van der Waals surface area contributed by atoms with Crippen molar-refractivity contribution < 1.29 is 14.3 Å². The zero-order valence-corrected chi connectivity index (χ0v) is 28.3. The monoisotopic (exact) mass is 647 g/mol. The molecule has 1 aromatic carbocycles. The number of halogens is 2. The Morgan fingerprint density at radius 2 is 1.39 bits per heavy atom. The van der Waals surface area contributed by atoms with Gasteiger partial charge < -0.3 is 10.1 Å². The van der Waals surface area contributed by atoms with Crippen molar-refractivity contribution in [3.63, 3.8) is 0 Å². The molecule has 10 heteroatoms. The smallest absolute Gasteiger partial charge is 0.307 e. The lowest BCUT2D eigenvalue weighted by Gasteiger charge is -2.22. The van der Waals surface area contributed by atoms with E-state index in [9.17, 15) is 9.59 Å². The standard InChI is InChI=1S/C34H51Cl2N5O3/c1-4-5-6-7-8-9-10-11-12-13-14-15-16-17-18-19-20-31(42)44-34(25(2)3)37-33(43)29-24-30-38-39-32(41(30)40-29)26-21-22-27(35)28(36)23-26/h21-25,34,40H,4-20H2,1-3H3,(H,37,43). The normalized spacial score (nSPS) is 12.2. The average Bonchev–Trinajstić information content (AvgIpc) is 3.59. The third-order valence-electron chi connectivity index (χ3n) is 7.99. The first-order chi connectivity index (χ1) is 21.3. The molecule has 0 spiro atoms. The Hall–Kier alpha value is -2.58. The summed E-state index contributed by atoms with van der Waals surface area (Å²) in [5.41, 5.74) is 1.44. The zero-order valence-electron chi connectivity index (χ0n) is 26.8. The van der Waals surface area contributed by atoms with Crippen LogP contribution in [0.2, 0.25) is 10.0 Å². The Kier molecular flexibility index (Phi) is 16.1. The van der Waals surface area contributed by atoms with E-state index in [1.807, 2.05) is 13.8 Å². The van der Waals surface area contributed by atoms with Crippen LogP contribution in [0.25, 0.3) is 17.0 Å². The number of H-pyrrole nitrogens is 1. The molecule has 1 amide bonds. The highest BCUT2D eigenvalue weighted by atomic mass is 35.5. The van der Waals surface area contributed by atoms with Crippen LogP contribution in [0.3, 0.4) is 0 Å². The van der Waals surface area contributed by atoms with Crippen LogP contribution in [-0.2, 0) is 9.53 Å². The number of unbranched alkanes of at least 4 members (excludes halogenated alkanes) is 15. The van der Waals surface area contributed by atoms with Crippen molar-refractivity contribution >= 4 is 40.7 Å². The molecule has 44 heavy (non-hydrogen) atoms. The van der Waals surface area contributed by atoms with E-state index in [2.05, 4.69) is 27.5 Å². The molecule has 2 heterocycles. The molecule has 2 N–H and O–H groups in total. The van der Waals surface area contributed by atoms with E-state index in [0.717, 1.165) is 19.3 Å². The highest BCUT2D eigenvalue weighted by molar-refractivity contribution is 6.42. The van der Waals surface area contributed by atoms with Gasteiger partial charge in [-0.3, -0.25) is 14.7 Å². The van der Waals surface area contributed by atoms with E-state index in [1.54, 1.807) is 28.8 Å². The van der Waals surface area contributed by atoms with Gasteiger partial charge in [0, 0.05) is 24.0 Å². The van der Waals surface area contributed by atoms with Gasteiger partial charge in [-0.25, -0.2) is 4.52 Å². The number of hydrogen-bond donors (Lipinski definition) is 2. The fraction of sp³-hybridized carbons (Fsp3) is 0.647. The minimum Gasteiger partial charge on any atom is -0.441 e. The van der Waals surface area contributed by atoms with Crippen molar-refractivity contribution in [1.82, 2.24) is 25.1 Å². The topological polar surface area (TPSA) is 101 Å². The summed E-state index contributed by atoms with van der Waals surface area (Å²) >= 11 is 12.2. The molecule has 0 aliphatic carbocycles.